The van der Waals surface area contributed by atoms with Crippen molar-refractivity contribution < 1.29 is 0 Å². The van der Waals surface area contributed by atoms with Crippen molar-refractivity contribution in [1.82, 2.24) is 0 Å². The maximum atomic E-state index is 4.38. The van der Waals surface area contributed by atoms with E-state index < -0.39 is 18.4 Å². The van der Waals surface area contributed by atoms with Crippen LogP contribution in [0.25, 0.3) is 0 Å². The first kappa shape index (κ1) is 20.5. The van der Waals surface area contributed by atoms with E-state index in [-0.39, 0.29) is 0 Å². The summed E-state index contributed by atoms with van der Waals surface area (Å²) in [5.74, 6) is 0. The van der Waals surface area contributed by atoms with Crippen molar-refractivity contribution in [2.75, 3.05) is 6.54 Å². The fraction of sp³-hybridized carbons (Fsp3) is 0.944. The van der Waals surface area contributed by atoms with E-state index in [1.54, 1.807) is 17.7 Å². The molecule has 0 fully saturated rings. The number of nitrogens with zero attached hydrogens (tertiary/aromatic N) is 1. The molecule has 0 aromatic carbocycles. The van der Waals surface area contributed by atoms with E-state index in [4.69, 9.17) is 0 Å². The molecule has 0 aromatic heterocycles. The summed E-state index contributed by atoms with van der Waals surface area (Å²) in [6, 6.07) is 0. The molecule has 0 bridgehead atoms. The molecule has 0 amide bonds. The van der Waals surface area contributed by atoms with Gasteiger partial charge in [0.25, 0.3) is 0 Å². The SMILES string of the molecule is CC=NCCC[CH2][Sn]([CH2]CCC)([CH2]CCC)[CH2]CCC. The molecule has 0 spiro atoms. The van der Waals surface area contributed by atoms with Gasteiger partial charge in [-0.2, -0.15) is 0 Å². The second kappa shape index (κ2) is 14.4. The third kappa shape index (κ3) is 10.2. The van der Waals surface area contributed by atoms with E-state index in [2.05, 4.69) is 25.8 Å². The van der Waals surface area contributed by atoms with Gasteiger partial charge < -0.3 is 0 Å². The Morgan fingerprint density at radius 3 is 1.55 bits per heavy atom. The minimum absolute atomic E-state index is 1.06. The number of unbranched alkanes of at least 4 members (excludes halogenated alkanes) is 4. The molecule has 120 valence electrons. The normalized spacial score (nSPS) is 12.4. The average molecular weight is 388 g/mol. The number of hydrogen-bond donors (Lipinski definition) is 0. The summed E-state index contributed by atoms with van der Waals surface area (Å²) in [5.41, 5.74) is 0. The van der Waals surface area contributed by atoms with Crippen molar-refractivity contribution in [3.8, 4) is 0 Å². The van der Waals surface area contributed by atoms with Crippen molar-refractivity contribution in [3.05, 3.63) is 0 Å². The first-order chi connectivity index (χ1) is 9.74. The van der Waals surface area contributed by atoms with Crippen LogP contribution in [-0.4, -0.2) is 31.1 Å². The van der Waals surface area contributed by atoms with Crippen LogP contribution in [0.5, 0.6) is 0 Å². The van der Waals surface area contributed by atoms with Crippen molar-refractivity contribution in [3.63, 3.8) is 0 Å². The third-order valence-corrected chi connectivity index (χ3v) is 20.8. The monoisotopic (exact) mass is 389 g/mol. The Balaban J connectivity index is 4.41. The van der Waals surface area contributed by atoms with Gasteiger partial charge in [0.1, 0.15) is 0 Å². The molecule has 0 heterocycles. The molecule has 0 atom stereocenters. The van der Waals surface area contributed by atoms with E-state index in [1.807, 2.05) is 13.1 Å². The number of aliphatic imine (C=N–C) groups is 1. The topological polar surface area (TPSA) is 12.4 Å². The van der Waals surface area contributed by atoms with Crippen LogP contribution in [0.1, 0.15) is 79.1 Å². The van der Waals surface area contributed by atoms with Crippen LogP contribution >= 0.6 is 0 Å². The van der Waals surface area contributed by atoms with Crippen LogP contribution in [0.3, 0.4) is 0 Å². The molecule has 0 aliphatic rings. The number of hydrogen-bond acceptors (Lipinski definition) is 1. The Bertz CT molecular complexity index is 204. The molecule has 0 radical (unpaired) electrons. The summed E-state index contributed by atoms with van der Waals surface area (Å²) in [6.07, 6.45) is 13.5. The van der Waals surface area contributed by atoms with Gasteiger partial charge in [0, 0.05) is 0 Å². The Kier molecular flexibility index (Phi) is 14.7. The van der Waals surface area contributed by atoms with Gasteiger partial charge in [-0.1, -0.05) is 0 Å². The van der Waals surface area contributed by atoms with E-state index in [0.717, 1.165) is 6.54 Å². The van der Waals surface area contributed by atoms with Crippen LogP contribution in [-0.2, 0) is 0 Å². The molecule has 0 aliphatic heterocycles. The van der Waals surface area contributed by atoms with Crippen molar-refractivity contribution in [1.29, 1.82) is 0 Å². The van der Waals surface area contributed by atoms with Crippen molar-refractivity contribution in [2.45, 2.75) is 96.8 Å². The molecular weight excluding hydrogens is 349 g/mol. The summed E-state index contributed by atoms with van der Waals surface area (Å²) < 4.78 is 6.65. The van der Waals surface area contributed by atoms with E-state index in [0.29, 0.717) is 0 Å². The molecule has 1 nitrogen and oxygen atoms in total. The molecule has 20 heavy (non-hydrogen) atoms. The molecule has 0 aromatic rings. The Labute approximate surface area is 132 Å². The fourth-order valence-electron chi connectivity index (χ4n) is 3.24. The second-order valence-electron chi connectivity index (χ2n) is 6.43. The first-order valence-electron chi connectivity index (χ1n) is 9.19. The van der Waals surface area contributed by atoms with Crippen molar-refractivity contribution >= 4 is 24.6 Å². The molecule has 0 unspecified atom stereocenters. The van der Waals surface area contributed by atoms with Gasteiger partial charge >= 0.3 is 133 Å². The van der Waals surface area contributed by atoms with Gasteiger partial charge in [-0.3, -0.25) is 0 Å². The predicted octanol–water partition coefficient (Wildman–Crippen LogP) is 6.71. The van der Waals surface area contributed by atoms with Gasteiger partial charge in [0.05, 0.1) is 0 Å². The summed E-state index contributed by atoms with van der Waals surface area (Å²) in [5, 5.41) is 0. The van der Waals surface area contributed by atoms with E-state index in [9.17, 15) is 0 Å². The maximum absolute atomic E-state index is 4.38. The van der Waals surface area contributed by atoms with E-state index >= 15 is 0 Å². The molecule has 0 rings (SSSR count). The zero-order valence-corrected chi connectivity index (χ0v) is 17.6. The van der Waals surface area contributed by atoms with Gasteiger partial charge in [0.2, 0.25) is 0 Å². The standard InChI is InChI=1S/C6H12N.3C4H9.Sn/c1-3-5-6-7-4-2;3*1-3-4-2;/h4H,1,3,5-6H2,2H3;3*1,3-4H2,2H3;. The summed E-state index contributed by atoms with van der Waals surface area (Å²) in [7, 11) is 0. The molecule has 2 heteroatoms. The summed E-state index contributed by atoms with van der Waals surface area (Å²) in [6.45, 7) is 10.2. The van der Waals surface area contributed by atoms with Gasteiger partial charge in [-0.25, -0.2) is 0 Å². The van der Waals surface area contributed by atoms with Gasteiger partial charge in [-0.15, -0.1) is 0 Å². The zero-order chi connectivity index (χ0) is 15.1. The average Bonchev–Trinajstić information content (AvgIpc) is 2.48. The quantitative estimate of drug-likeness (QED) is 0.178. The predicted molar refractivity (Wildman–Crippen MR) is 98.0 cm³/mol. The molecule has 0 N–H and O–H groups in total. The summed E-state index contributed by atoms with van der Waals surface area (Å²) >= 11 is -1.80. The van der Waals surface area contributed by atoms with Crippen LogP contribution in [0.4, 0.5) is 0 Å². The molecular formula is C18H39NSn. The van der Waals surface area contributed by atoms with Gasteiger partial charge in [0.15, 0.2) is 0 Å². The number of rotatable bonds is 14. The van der Waals surface area contributed by atoms with Crippen LogP contribution in [0.2, 0.25) is 17.7 Å². The van der Waals surface area contributed by atoms with Crippen molar-refractivity contribution in [2.24, 2.45) is 4.99 Å². The molecule has 0 saturated heterocycles. The molecule has 0 saturated carbocycles. The second-order valence-corrected chi connectivity index (χ2v) is 20.7. The Morgan fingerprint density at radius 1 is 0.700 bits per heavy atom. The molecule has 0 aliphatic carbocycles. The Hall–Kier alpha value is 0.469. The van der Waals surface area contributed by atoms with Crippen LogP contribution < -0.4 is 0 Å². The van der Waals surface area contributed by atoms with E-state index in [1.165, 1.54) is 51.4 Å². The Morgan fingerprint density at radius 2 is 1.15 bits per heavy atom. The summed E-state index contributed by atoms with van der Waals surface area (Å²) in [4.78, 5) is 4.38. The first-order valence-corrected chi connectivity index (χ1v) is 17.3. The van der Waals surface area contributed by atoms with Crippen LogP contribution in [0, 0.1) is 0 Å². The zero-order valence-electron chi connectivity index (χ0n) is 14.7. The van der Waals surface area contributed by atoms with Crippen LogP contribution in [0.15, 0.2) is 4.99 Å². The third-order valence-electron chi connectivity index (χ3n) is 4.61. The fourth-order valence-corrected chi connectivity index (χ4v) is 19.8. The van der Waals surface area contributed by atoms with Gasteiger partial charge in [-0.05, 0) is 0 Å². The minimum atomic E-state index is -1.80.